The molecule has 1 aliphatic rings. The summed E-state index contributed by atoms with van der Waals surface area (Å²) in [4.78, 5) is 13.0. The monoisotopic (exact) mass is 204 g/mol. The number of nitrogen functional groups attached to an aromatic ring is 1. The Kier molecular flexibility index (Phi) is 2.62. The van der Waals surface area contributed by atoms with Crippen molar-refractivity contribution in [2.75, 3.05) is 17.7 Å². The summed E-state index contributed by atoms with van der Waals surface area (Å²) in [5, 5.41) is 0. The van der Waals surface area contributed by atoms with Crippen LogP contribution >= 0.6 is 0 Å². The van der Waals surface area contributed by atoms with E-state index in [4.69, 9.17) is 5.73 Å². The molecule has 0 bridgehead atoms. The number of likely N-dealkylation sites (N-methyl/N-ethyl adjacent to an activating group) is 1. The van der Waals surface area contributed by atoms with Crippen molar-refractivity contribution in [3.63, 3.8) is 0 Å². The fourth-order valence-corrected chi connectivity index (χ4v) is 2.15. The van der Waals surface area contributed by atoms with Gasteiger partial charge in [0, 0.05) is 18.4 Å². The first-order valence-corrected chi connectivity index (χ1v) is 5.29. The molecular formula is C12H16N2O. The molecule has 1 unspecified atom stereocenters. The van der Waals surface area contributed by atoms with Crippen LogP contribution in [0, 0.1) is 0 Å². The van der Waals surface area contributed by atoms with Gasteiger partial charge in [0.05, 0.1) is 6.04 Å². The zero-order valence-corrected chi connectivity index (χ0v) is 8.94. The van der Waals surface area contributed by atoms with Gasteiger partial charge in [-0.1, -0.05) is 6.07 Å². The summed E-state index contributed by atoms with van der Waals surface area (Å²) in [5.74, 6) is 0. The van der Waals surface area contributed by atoms with Gasteiger partial charge in [-0.25, -0.2) is 0 Å². The van der Waals surface area contributed by atoms with Crippen molar-refractivity contribution < 1.29 is 4.79 Å². The van der Waals surface area contributed by atoms with E-state index in [1.165, 1.54) is 5.56 Å². The van der Waals surface area contributed by atoms with Crippen LogP contribution in [0.1, 0.15) is 18.4 Å². The number of rotatable bonds is 1. The highest BCUT2D eigenvalue weighted by atomic mass is 16.1. The van der Waals surface area contributed by atoms with E-state index in [1.807, 2.05) is 24.1 Å². The molecule has 0 fully saturated rings. The van der Waals surface area contributed by atoms with E-state index in [-0.39, 0.29) is 6.04 Å². The second-order valence-corrected chi connectivity index (χ2v) is 4.09. The number of carbonyl (C=O) groups is 1. The van der Waals surface area contributed by atoms with Crippen molar-refractivity contribution in [2.45, 2.75) is 25.3 Å². The zero-order valence-electron chi connectivity index (χ0n) is 8.94. The molecule has 0 saturated carbocycles. The van der Waals surface area contributed by atoms with E-state index in [9.17, 15) is 4.79 Å². The molecule has 0 spiro atoms. The maximum Gasteiger partial charge on any atom is 0.142 e. The first kappa shape index (κ1) is 10.0. The van der Waals surface area contributed by atoms with Gasteiger partial charge in [-0.15, -0.1) is 0 Å². The van der Waals surface area contributed by atoms with Crippen molar-refractivity contribution in [3.8, 4) is 0 Å². The Morgan fingerprint density at radius 1 is 1.53 bits per heavy atom. The van der Waals surface area contributed by atoms with Crippen molar-refractivity contribution in [1.82, 2.24) is 0 Å². The first-order valence-electron chi connectivity index (χ1n) is 5.29. The average molecular weight is 204 g/mol. The molecule has 0 aromatic heterocycles. The Bertz CT molecular complexity index is 376. The Hall–Kier alpha value is -1.51. The summed E-state index contributed by atoms with van der Waals surface area (Å²) >= 11 is 0. The van der Waals surface area contributed by atoms with Crippen LogP contribution in [0.3, 0.4) is 0 Å². The number of anilines is 2. The maximum absolute atomic E-state index is 10.9. The lowest BCUT2D eigenvalue weighted by Gasteiger charge is -2.25. The molecule has 3 heteroatoms. The molecule has 1 heterocycles. The van der Waals surface area contributed by atoms with Gasteiger partial charge in [0.25, 0.3) is 0 Å². The third kappa shape index (κ3) is 1.82. The van der Waals surface area contributed by atoms with Gasteiger partial charge in [0.1, 0.15) is 6.29 Å². The fourth-order valence-electron chi connectivity index (χ4n) is 2.15. The van der Waals surface area contributed by atoms with E-state index in [2.05, 4.69) is 6.07 Å². The van der Waals surface area contributed by atoms with Crippen LogP contribution in [0.5, 0.6) is 0 Å². The normalized spacial score (nSPS) is 20.6. The van der Waals surface area contributed by atoms with Gasteiger partial charge in [-0.3, -0.25) is 0 Å². The topological polar surface area (TPSA) is 46.3 Å². The second-order valence-electron chi connectivity index (χ2n) is 4.09. The summed E-state index contributed by atoms with van der Waals surface area (Å²) in [6, 6.07) is 5.94. The molecule has 2 rings (SSSR count). The summed E-state index contributed by atoms with van der Waals surface area (Å²) in [7, 11) is 1.96. The molecular weight excluding hydrogens is 188 g/mol. The number of hydrogen-bond donors (Lipinski definition) is 1. The number of nitrogens with two attached hydrogens (primary N) is 1. The Balaban J connectivity index is 2.43. The molecule has 15 heavy (non-hydrogen) atoms. The number of aldehydes is 1. The molecule has 80 valence electrons. The van der Waals surface area contributed by atoms with Crippen molar-refractivity contribution in [3.05, 3.63) is 23.8 Å². The van der Waals surface area contributed by atoms with Crippen LogP contribution in [0.15, 0.2) is 18.2 Å². The minimum Gasteiger partial charge on any atom is -0.399 e. The molecule has 1 aromatic rings. The van der Waals surface area contributed by atoms with Gasteiger partial charge in [-0.05, 0) is 37.0 Å². The molecule has 1 aliphatic heterocycles. The lowest BCUT2D eigenvalue weighted by atomic mass is 10.1. The number of carbonyl (C=O) groups excluding carboxylic acids is 1. The van der Waals surface area contributed by atoms with Gasteiger partial charge in [0.15, 0.2) is 0 Å². The van der Waals surface area contributed by atoms with E-state index < -0.39 is 0 Å². The smallest absolute Gasteiger partial charge is 0.142 e. The number of hydrogen-bond acceptors (Lipinski definition) is 3. The molecule has 0 saturated heterocycles. The lowest BCUT2D eigenvalue weighted by Crippen LogP contribution is -2.32. The van der Waals surface area contributed by atoms with Crippen LogP contribution < -0.4 is 10.6 Å². The van der Waals surface area contributed by atoms with Crippen LogP contribution in [-0.4, -0.2) is 19.4 Å². The van der Waals surface area contributed by atoms with Crippen LogP contribution in [-0.2, 0) is 11.2 Å². The summed E-state index contributed by atoms with van der Waals surface area (Å²) in [5.41, 5.74) is 8.91. The third-order valence-electron chi connectivity index (χ3n) is 3.09. The Morgan fingerprint density at radius 3 is 3.07 bits per heavy atom. The van der Waals surface area contributed by atoms with Crippen LogP contribution in [0.4, 0.5) is 11.4 Å². The zero-order chi connectivity index (χ0) is 10.8. The van der Waals surface area contributed by atoms with Gasteiger partial charge >= 0.3 is 0 Å². The molecule has 1 aromatic carbocycles. The van der Waals surface area contributed by atoms with Crippen LogP contribution in [0.25, 0.3) is 0 Å². The van der Waals surface area contributed by atoms with E-state index in [1.54, 1.807) is 0 Å². The van der Waals surface area contributed by atoms with E-state index in [0.717, 1.165) is 36.9 Å². The summed E-state index contributed by atoms with van der Waals surface area (Å²) in [6.07, 6.45) is 4.04. The molecule has 1 atom stereocenters. The van der Waals surface area contributed by atoms with Crippen LogP contribution in [0.2, 0.25) is 0 Å². The second kappa shape index (κ2) is 3.93. The maximum atomic E-state index is 10.9. The highest BCUT2D eigenvalue weighted by Crippen LogP contribution is 2.29. The average Bonchev–Trinajstić information content (AvgIpc) is 2.39. The quantitative estimate of drug-likeness (QED) is 0.558. The van der Waals surface area contributed by atoms with Gasteiger partial charge in [-0.2, -0.15) is 0 Å². The molecule has 0 amide bonds. The summed E-state index contributed by atoms with van der Waals surface area (Å²) < 4.78 is 0. The number of nitrogens with zero attached hydrogens (tertiary/aromatic N) is 1. The minimum absolute atomic E-state index is 0.00644. The highest BCUT2D eigenvalue weighted by Gasteiger charge is 2.20. The van der Waals surface area contributed by atoms with Gasteiger partial charge in [0.2, 0.25) is 0 Å². The Morgan fingerprint density at radius 2 is 2.33 bits per heavy atom. The Labute approximate surface area is 89.9 Å². The lowest BCUT2D eigenvalue weighted by molar-refractivity contribution is -0.109. The number of benzene rings is 1. The molecule has 3 nitrogen and oxygen atoms in total. The van der Waals surface area contributed by atoms with Gasteiger partial charge < -0.3 is 15.4 Å². The highest BCUT2D eigenvalue weighted by molar-refractivity contribution is 5.70. The fraction of sp³-hybridized carbons (Fsp3) is 0.417. The summed E-state index contributed by atoms with van der Waals surface area (Å²) in [6.45, 7) is 0. The molecule has 0 radical (unpaired) electrons. The molecule has 0 aliphatic carbocycles. The number of aryl methyl sites for hydroxylation is 1. The van der Waals surface area contributed by atoms with Crippen molar-refractivity contribution in [1.29, 1.82) is 0 Å². The van der Waals surface area contributed by atoms with Crippen molar-refractivity contribution in [2.24, 2.45) is 0 Å². The standard InChI is InChI=1S/C12H16N2O/c1-14-11(8-15)4-2-3-9-5-6-10(13)7-12(9)14/h5-8,11H,2-4,13H2,1H3. The van der Waals surface area contributed by atoms with E-state index >= 15 is 0 Å². The first-order chi connectivity index (χ1) is 7.22. The largest absolute Gasteiger partial charge is 0.399 e. The number of fused-ring (bicyclic) bond motifs is 1. The predicted octanol–water partition coefficient (Wildman–Crippen LogP) is 1.61. The minimum atomic E-state index is -0.00644. The predicted molar refractivity (Wildman–Crippen MR) is 62.0 cm³/mol. The SMILES string of the molecule is CN1c2cc(N)ccc2CCCC1C=O. The van der Waals surface area contributed by atoms with Crippen molar-refractivity contribution >= 4 is 17.7 Å². The van der Waals surface area contributed by atoms with E-state index in [0.29, 0.717) is 0 Å². The third-order valence-corrected chi connectivity index (χ3v) is 3.09. The molecule has 2 N–H and O–H groups in total.